The van der Waals surface area contributed by atoms with Crippen LogP contribution in [0.25, 0.3) is 0 Å². The second-order valence-electron chi connectivity index (χ2n) is 3.63. The lowest BCUT2D eigenvalue weighted by molar-refractivity contribution is 0.104. The van der Waals surface area contributed by atoms with Crippen LogP contribution in [0.15, 0.2) is 28.1 Å². The van der Waals surface area contributed by atoms with E-state index in [-0.39, 0.29) is 5.78 Å². The molecule has 0 fully saturated rings. The molecule has 88 valence electrons. The van der Waals surface area contributed by atoms with Crippen LogP contribution in [0.4, 0.5) is 5.69 Å². The second kappa shape index (κ2) is 4.80. The molecule has 0 saturated carbocycles. The van der Waals surface area contributed by atoms with Crippen LogP contribution < -0.4 is 5.73 Å². The van der Waals surface area contributed by atoms with Crippen LogP contribution in [0, 0.1) is 6.92 Å². The van der Waals surface area contributed by atoms with Crippen molar-refractivity contribution in [3.05, 3.63) is 49.1 Å². The summed E-state index contributed by atoms with van der Waals surface area (Å²) >= 11 is 10.7. The maximum Gasteiger partial charge on any atom is 0.204 e. The van der Waals surface area contributed by atoms with Gasteiger partial charge in [-0.2, -0.15) is 0 Å². The van der Waals surface area contributed by atoms with E-state index in [0.29, 0.717) is 25.6 Å². The summed E-state index contributed by atoms with van der Waals surface area (Å²) in [6.07, 6.45) is 0. The molecule has 0 saturated heterocycles. The highest BCUT2D eigenvalue weighted by atomic mass is 79.9. The maximum atomic E-state index is 12.2. The molecular formula is C12H9BrClNOS. The molecule has 1 aromatic carbocycles. The topological polar surface area (TPSA) is 43.1 Å². The lowest BCUT2D eigenvalue weighted by Gasteiger charge is -2.02. The summed E-state index contributed by atoms with van der Waals surface area (Å²) in [5.41, 5.74) is 7.79. The van der Waals surface area contributed by atoms with Gasteiger partial charge in [0.25, 0.3) is 0 Å². The van der Waals surface area contributed by atoms with Gasteiger partial charge in [0, 0.05) is 15.7 Å². The van der Waals surface area contributed by atoms with E-state index in [2.05, 4.69) is 15.9 Å². The van der Waals surface area contributed by atoms with Crippen molar-refractivity contribution in [2.45, 2.75) is 6.92 Å². The maximum absolute atomic E-state index is 12.2. The molecule has 0 bridgehead atoms. The number of benzene rings is 1. The van der Waals surface area contributed by atoms with Crippen molar-refractivity contribution in [2.24, 2.45) is 0 Å². The fourth-order valence-corrected chi connectivity index (χ4v) is 3.00. The predicted octanol–water partition coefficient (Wildman–Crippen LogP) is 4.29. The van der Waals surface area contributed by atoms with E-state index >= 15 is 0 Å². The molecule has 0 amide bonds. The largest absolute Gasteiger partial charge is 0.398 e. The van der Waals surface area contributed by atoms with Gasteiger partial charge in [0.05, 0.1) is 9.90 Å². The summed E-state index contributed by atoms with van der Waals surface area (Å²) in [7, 11) is 0. The number of carbonyl (C=O) groups excluding carboxylic acids is 1. The number of hydrogen-bond donors (Lipinski definition) is 1. The Kier molecular flexibility index (Phi) is 3.56. The van der Waals surface area contributed by atoms with Crippen LogP contribution in [0.3, 0.4) is 0 Å². The number of nitrogens with two attached hydrogens (primary N) is 1. The summed E-state index contributed by atoms with van der Waals surface area (Å²) in [6.45, 7) is 1.88. The van der Waals surface area contributed by atoms with Crippen molar-refractivity contribution < 1.29 is 4.79 Å². The zero-order valence-electron chi connectivity index (χ0n) is 8.96. The normalized spacial score (nSPS) is 10.5. The molecule has 0 radical (unpaired) electrons. The predicted molar refractivity (Wildman–Crippen MR) is 76.1 cm³/mol. The third-order valence-electron chi connectivity index (χ3n) is 2.37. The summed E-state index contributed by atoms with van der Waals surface area (Å²) < 4.78 is 0.716. The first-order valence-corrected chi connectivity index (χ1v) is 6.89. The van der Waals surface area contributed by atoms with Crippen molar-refractivity contribution in [2.75, 3.05) is 5.73 Å². The quantitative estimate of drug-likeness (QED) is 0.659. The average Bonchev–Trinajstić information content (AvgIpc) is 2.63. The summed E-state index contributed by atoms with van der Waals surface area (Å²) in [6, 6.07) is 5.11. The molecule has 0 aliphatic heterocycles. The lowest BCUT2D eigenvalue weighted by Crippen LogP contribution is -2.00. The number of aryl methyl sites for hydroxylation is 1. The third-order valence-corrected chi connectivity index (χ3v) is 4.75. The van der Waals surface area contributed by atoms with E-state index < -0.39 is 0 Å². The van der Waals surface area contributed by atoms with Crippen LogP contribution in [-0.4, -0.2) is 5.78 Å². The third kappa shape index (κ3) is 2.39. The molecule has 5 heteroatoms. The molecule has 0 aliphatic carbocycles. The Morgan fingerprint density at radius 3 is 2.71 bits per heavy atom. The standard InChI is InChI=1S/C12H9BrClNOS/c1-6-5-17-12(10(6)14)11(16)7-2-3-9(15)8(13)4-7/h2-5H,15H2,1H3. The number of carbonyl (C=O) groups is 1. The molecule has 2 nitrogen and oxygen atoms in total. The molecule has 0 aliphatic rings. The fourth-order valence-electron chi connectivity index (χ4n) is 1.38. The number of halogens is 2. The molecule has 0 atom stereocenters. The Balaban J connectivity index is 2.44. The molecule has 2 aromatic rings. The number of rotatable bonds is 2. The molecule has 17 heavy (non-hydrogen) atoms. The van der Waals surface area contributed by atoms with E-state index in [9.17, 15) is 4.79 Å². The van der Waals surface area contributed by atoms with Crippen molar-refractivity contribution in [3.63, 3.8) is 0 Å². The van der Waals surface area contributed by atoms with Gasteiger partial charge < -0.3 is 5.73 Å². The van der Waals surface area contributed by atoms with Gasteiger partial charge in [-0.15, -0.1) is 11.3 Å². The first-order valence-electron chi connectivity index (χ1n) is 4.84. The van der Waals surface area contributed by atoms with Gasteiger partial charge in [-0.25, -0.2) is 0 Å². The van der Waals surface area contributed by atoms with E-state index in [1.807, 2.05) is 12.3 Å². The molecule has 0 spiro atoms. The highest BCUT2D eigenvalue weighted by Gasteiger charge is 2.17. The highest BCUT2D eigenvalue weighted by molar-refractivity contribution is 9.10. The van der Waals surface area contributed by atoms with E-state index in [0.717, 1.165) is 5.56 Å². The van der Waals surface area contributed by atoms with Gasteiger partial charge in [-0.05, 0) is 52.0 Å². The Morgan fingerprint density at radius 2 is 2.18 bits per heavy atom. The second-order valence-corrected chi connectivity index (χ2v) is 5.74. The first kappa shape index (κ1) is 12.6. The monoisotopic (exact) mass is 329 g/mol. The fraction of sp³-hybridized carbons (Fsp3) is 0.0833. The molecule has 2 rings (SSSR count). The molecule has 1 aromatic heterocycles. The van der Waals surface area contributed by atoms with E-state index in [4.69, 9.17) is 17.3 Å². The summed E-state index contributed by atoms with van der Waals surface area (Å²) in [5.74, 6) is -0.0752. The van der Waals surface area contributed by atoms with Gasteiger partial charge in [0.1, 0.15) is 0 Å². The summed E-state index contributed by atoms with van der Waals surface area (Å²) in [5, 5.41) is 2.41. The van der Waals surface area contributed by atoms with Gasteiger partial charge in [0.15, 0.2) is 0 Å². The van der Waals surface area contributed by atoms with Crippen molar-refractivity contribution in [1.82, 2.24) is 0 Å². The van der Waals surface area contributed by atoms with Crippen LogP contribution in [0.2, 0.25) is 5.02 Å². The van der Waals surface area contributed by atoms with E-state index in [1.165, 1.54) is 11.3 Å². The average molecular weight is 331 g/mol. The Labute approximate surface area is 117 Å². The zero-order chi connectivity index (χ0) is 12.6. The minimum atomic E-state index is -0.0752. The SMILES string of the molecule is Cc1csc(C(=O)c2ccc(N)c(Br)c2)c1Cl. The van der Waals surface area contributed by atoms with Crippen molar-refractivity contribution in [1.29, 1.82) is 0 Å². The Bertz CT molecular complexity index is 594. The number of nitrogen functional groups attached to an aromatic ring is 1. The molecule has 1 heterocycles. The Hall–Kier alpha value is -0.840. The van der Waals surface area contributed by atoms with Gasteiger partial charge in [-0.3, -0.25) is 4.79 Å². The van der Waals surface area contributed by atoms with Crippen LogP contribution in [0.1, 0.15) is 20.8 Å². The van der Waals surface area contributed by atoms with Gasteiger partial charge in [0.2, 0.25) is 5.78 Å². The number of thiophene rings is 1. The first-order chi connectivity index (χ1) is 8.00. The summed E-state index contributed by atoms with van der Waals surface area (Å²) in [4.78, 5) is 12.8. The number of anilines is 1. The van der Waals surface area contributed by atoms with Crippen LogP contribution in [0.5, 0.6) is 0 Å². The highest BCUT2D eigenvalue weighted by Crippen LogP contribution is 2.30. The number of ketones is 1. The minimum absolute atomic E-state index is 0.0752. The van der Waals surface area contributed by atoms with Gasteiger partial charge >= 0.3 is 0 Å². The molecule has 0 unspecified atom stereocenters. The molecule has 2 N–H and O–H groups in total. The smallest absolute Gasteiger partial charge is 0.204 e. The van der Waals surface area contributed by atoms with Crippen molar-refractivity contribution in [3.8, 4) is 0 Å². The van der Waals surface area contributed by atoms with Crippen LogP contribution >= 0.6 is 38.9 Å². The van der Waals surface area contributed by atoms with Gasteiger partial charge in [-0.1, -0.05) is 11.6 Å². The van der Waals surface area contributed by atoms with E-state index in [1.54, 1.807) is 18.2 Å². The van der Waals surface area contributed by atoms with Crippen molar-refractivity contribution >= 4 is 50.3 Å². The Morgan fingerprint density at radius 1 is 1.47 bits per heavy atom. The molecular weight excluding hydrogens is 322 g/mol. The zero-order valence-corrected chi connectivity index (χ0v) is 12.1. The van der Waals surface area contributed by atoms with Crippen LogP contribution in [-0.2, 0) is 0 Å². The lowest BCUT2D eigenvalue weighted by atomic mass is 10.1. The minimum Gasteiger partial charge on any atom is -0.398 e. The number of hydrogen-bond acceptors (Lipinski definition) is 3.